The number of Topliss-reactive ketones (excluding diaryl/α,β-unsaturated/α-hetero) is 1. The monoisotopic (exact) mass is 492 g/mol. The third-order valence-electron chi connectivity index (χ3n) is 4.48. The molecule has 0 saturated heterocycles. The van der Waals surface area contributed by atoms with Crippen molar-refractivity contribution in [3.63, 3.8) is 0 Å². The Hall–Kier alpha value is -2.69. The summed E-state index contributed by atoms with van der Waals surface area (Å²) in [5, 5.41) is 12.4. The van der Waals surface area contributed by atoms with Gasteiger partial charge >= 0.3 is 5.97 Å². The van der Waals surface area contributed by atoms with Crippen LogP contribution in [0.3, 0.4) is 0 Å². The highest BCUT2D eigenvalue weighted by Crippen LogP contribution is 2.34. The number of halogens is 1. The summed E-state index contributed by atoms with van der Waals surface area (Å²) >= 11 is 8.50. The first kappa shape index (κ1) is 24.0. The average molecular weight is 493 g/mol. The maximum Gasteiger partial charge on any atom is 0.341 e. The first-order chi connectivity index (χ1) is 15.2. The fraction of sp³-hybridized carbons (Fsp3) is 0.286. The largest absolute Gasteiger partial charge is 0.462 e. The van der Waals surface area contributed by atoms with Gasteiger partial charge in [-0.15, -0.1) is 21.5 Å². The topological polar surface area (TPSA) is 103 Å². The summed E-state index contributed by atoms with van der Waals surface area (Å²) < 4.78 is 6.85. The van der Waals surface area contributed by atoms with Crippen molar-refractivity contribution in [2.75, 3.05) is 17.7 Å². The lowest BCUT2D eigenvalue weighted by Gasteiger charge is -2.07. The fourth-order valence-corrected chi connectivity index (χ4v) is 5.03. The first-order valence-electron chi connectivity index (χ1n) is 9.62. The summed E-state index contributed by atoms with van der Waals surface area (Å²) in [6, 6.07) is 7.30. The summed E-state index contributed by atoms with van der Waals surface area (Å²) in [6.07, 6.45) is 0. The second kappa shape index (κ2) is 10.3. The van der Waals surface area contributed by atoms with Crippen LogP contribution in [-0.2, 0) is 16.6 Å². The lowest BCUT2D eigenvalue weighted by molar-refractivity contribution is -0.113. The Morgan fingerprint density at radius 3 is 2.62 bits per heavy atom. The molecule has 0 unspecified atom stereocenters. The molecule has 0 atom stereocenters. The van der Waals surface area contributed by atoms with Crippen molar-refractivity contribution < 1.29 is 19.1 Å². The van der Waals surface area contributed by atoms with E-state index in [0.717, 1.165) is 16.9 Å². The number of thiophene rings is 1. The number of hydrogen-bond donors (Lipinski definition) is 1. The molecule has 1 N–H and O–H groups in total. The van der Waals surface area contributed by atoms with Crippen LogP contribution in [0, 0.1) is 6.92 Å². The number of benzene rings is 1. The van der Waals surface area contributed by atoms with Crippen LogP contribution in [0.1, 0.15) is 39.4 Å². The van der Waals surface area contributed by atoms with E-state index >= 15 is 0 Å². The van der Waals surface area contributed by atoms with E-state index in [1.807, 2.05) is 18.2 Å². The molecule has 0 bridgehead atoms. The minimum atomic E-state index is -0.575. The number of hydrogen-bond acceptors (Lipinski definition) is 8. The molecule has 0 radical (unpaired) electrons. The second-order valence-electron chi connectivity index (χ2n) is 6.72. The predicted octanol–water partition coefficient (Wildman–Crippen LogP) is 4.62. The second-order valence-corrected chi connectivity index (χ2v) is 9.09. The molecular formula is C21H21ClN4O4S2. The molecule has 3 aromatic rings. The smallest absolute Gasteiger partial charge is 0.341 e. The Labute approximate surface area is 198 Å². The maximum atomic E-state index is 12.6. The summed E-state index contributed by atoms with van der Waals surface area (Å²) in [5.41, 5.74) is 1.45. The third-order valence-corrected chi connectivity index (χ3v) is 7.14. The van der Waals surface area contributed by atoms with Crippen molar-refractivity contribution in [3.05, 3.63) is 45.3 Å². The van der Waals surface area contributed by atoms with E-state index < -0.39 is 5.97 Å². The van der Waals surface area contributed by atoms with Gasteiger partial charge in [-0.1, -0.05) is 35.5 Å². The van der Waals surface area contributed by atoms with Gasteiger partial charge in [0.25, 0.3) is 0 Å². The van der Waals surface area contributed by atoms with Crippen LogP contribution < -0.4 is 5.32 Å². The normalized spacial score (nSPS) is 10.8. The summed E-state index contributed by atoms with van der Waals surface area (Å²) in [7, 11) is 1.79. The van der Waals surface area contributed by atoms with Crippen molar-refractivity contribution in [1.29, 1.82) is 0 Å². The lowest BCUT2D eigenvalue weighted by atomic mass is 10.1. The van der Waals surface area contributed by atoms with Gasteiger partial charge in [-0.05, 0) is 38.5 Å². The van der Waals surface area contributed by atoms with Gasteiger partial charge in [0, 0.05) is 12.6 Å². The average Bonchev–Trinajstić information content (AvgIpc) is 3.26. The number of nitrogens with one attached hydrogen (secondary N) is 1. The van der Waals surface area contributed by atoms with Crippen LogP contribution in [0.4, 0.5) is 5.00 Å². The first-order valence-corrected chi connectivity index (χ1v) is 11.8. The number of carbonyl (C=O) groups is 3. The van der Waals surface area contributed by atoms with E-state index in [1.54, 1.807) is 31.5 Å². The molecule has 1 aromatic carbocycles. The van der Waals surface area contributed by atoms with Gasteiger partial charge in [-0.25, -0.2) is 4.79 Å². The standard InChI is InChI=1S/C21H21ClN4O4S2/c1-5-30-20(29)16-11(2)17(12(3)27)32-19(16)23-15(28)10-31-21-25-24-18(26(21)4)13-8-6-7-9-14(13)22/h6-9H,5,10H2,1-4H3,(H,23,28). The number of nitrogens with zero attached hydrogens (tertiary/aromatic N) is 3. The van der Waals surface area contributed by atoms with Gasteiger partial charge in [0.2, 0.25) is 5.91 Å². The molecule has 0 fully saturated rings. The van der Waals surface area contributed by atoms with Crippen LogP contribution in [0.25, 0.3) is 11.4 Å². The predicted molar refractivity (Wildman–Crippen MR) is 126 cm³/mol. The van der Waals surface area contributed by atoms with Crippen LogP contribution >= 0.6 is 34.7 Å². The number of esters is 1. The van der Waals surface area contributed by atoms with Crippen molar-refractivity contribution >= 4 is 57.4 Å². The number of amides is 1. The van der Waals surface area contributed by atoms with E-state index in [9.17, 15) is 14.4 Å². The summed E-state index contributed by atoms with van der Waals surface area (Å²) in [4.78, 5) is 37.3. The molecule has 3 rings (SSSR count). The van der Waals surface area contributed by atoms with Crippen molar-refractivity contribution in [3.8, 4) is 11.4 Å². The molecule has 2 aromatic heterocycles. The highest BCUT2D eigenvalue weighted by atomic mass is 35.5. The number of anilines is 1. The minimum Gasteiger partial charge on any atom is -0.462 e. The zero-order chi connectivity index (χ0) is 23.4. The number of carbonyl (C=O) groups excluding carboxylic acids is 3. The third kappa shape index (κ3) is 5.03. The molecular weight excluding hydrogens is 472 g/mol. The Balaban J connectivity index is 1.75. The molecule has 11 heteroatoms. The summed E-state index contributed by atoms with van der Waals surface area (Å²) in [5.74, 6) is -0.487. The van der Waals surface area contributed by atoms with Crippen LogP contribution in [0.5, 0.6) is 0 Å². The van der Waals surface area contributed by atoms with E-state index in [0.29, 0.717) is 31.4 Å². The highest BCUT2D eigenvalue weighted by Gasteiger charge is 2.25. The number of aromatic nitrogens is 3. The SMILES string of the molecule is CCOC(=O)c1c(NC(=O)CSc2nnc(-c3ccccc3Cl)n2C)sc(C(C)=O)c1C. The number of thioether (sulfide) groups is 1. The van der Waals surface area contributed by atoms with Gasteiger partial charge in [0.15, 0.2) is 16.8 Å². The van der Waals surface area contributed by atoms with Gasteiger partial charge < -0.3 is 14.6 Å². The zero-order valence-electron chi connectivity index (χ0n) is 17.9. The van der Waals surface area contributed by atoms with Crippen molar-refractivity contribution in [2.24, 2.45) is 7.05 Å². The molecule has 0 aliphatic heterocycles. The van der Waals surface area contributed by atoms with E-state index in [4.69, 9.17) is 16.3 Å². The van der Waals surface area contributed by atoms with E-state index in [2.05, 4.69) is 15.5 Å². The summed E-state index contributed by atoms with van der Waals surface area (Å²) in [6.45, 7) is 4.96. The minimum absolute atomic E-state index is 0.0309. The Morgan fingerprint density at radius 1 is 1.25 bits per heavy atom. The maximum absolute atomic E-state index is 12.6. The molecule has 1 amide bonds. The van der Waals surface area contributed by atoms with Crippen LogP contribution in [0.2, 0.25) is 5.02 Å². The molecule has 168 valence electrons. The molecule has 0 aliphatic rings. The van der Waals surface area contributed by atoms with Gasteiger partial charge in [0.1, 0.15) is 5.00 Å². The fourth-order valence-electron chi connectivity index (χ4n) is 3.00. The van der Waals surface area contributed by atoms with Gasteiger partial charge in [-0.2, -0.15) is 0 Å². The van der Waals surface area contributed by atoms with Crippen LogP contribution in [-0.4, -0.2) is 44.8 Å². The quantitative estimate of drug-likeness (QED) is 0.278. The molecule has 8 nitrogen and oxygen atoms in total. The van der Waals surface area contributed by atoms with Crippen LogP contribution in [0.15, 0.2) is 29.4 Å². The molecule has 32 heavy (non-hydrogen) atoms. The lowest BCUT2D eigenvalue weighted by Crippen LogP contribution is -2.16. The number of ether oxygens (including phenoxy) is 1. The molecule has 0 aliphatic carbocycles. The van der Waals surface area contributed by atoms with E-state index in [1.165, 1.54) is 18.7 Å². The number of ketones is 1. The molecule has 2 heterocycles. The van der Waals surface area contributed by atoms with Gasteiger partial charge in [-0.3, -0.25) is 9.59 Å². The Bertz CT molecular complexity index is 1190. The Morgan fingerprint density at radius 2 is 1.97 bits per heavy atom. The van der Waals surface area contributed by atoms with Gasteiger partial charge in [0.05, 0.1) is 27.8 Å². The van der Waals surface area contributed by atoms with E-state index in [-0.39, 0.29) is 29.6 Å². The zero-order valence-corrected chi connectivity index (χ0v) is 20.3. The van der Waals surface area contributed by atoms with Crippen molar-refractivity contribution in [1.82, 2.24) is 14.8 Å². The molecule has 0 saturated carbocycles. The van der Waals surface area contributed by atoms with Crippen molar-refractivity contribution in [2.45, 2.75) is 25.9 Å². The molecule has 0 spiro atoms. The Kier molecular flexibility index (Phi) is 7.70. The highest BCUT2D eigenvalue weighted by molar-refractivity contribution is 7.99. The number of rotatable bonds is 8.